The maximum Gasteiger partial charge on any atom is 0.325 e. The summed E-state index contributed by atoms with van der Waals surface area (Å²) < 4.78 is 0. The second-order valence-electron chi connectivity index (χ2n) is 5.79. The number of nitrogens with two attached hydrogens (primary N) is 1. The van der Waals surface area contributed by atoms with Gasteiger partial charge in [0.1, 0.15) is 18.1 Å². The van der Waals surface area contributed by atoms with E-state index in [0.29, 0.717) is 19.4 Å². The summed E-state index contributed by atoms with van der Waals surface area (Å²) in [7, 11) is 0. The zero-order valence-electron chi connectivity index (χ0n) is 13.8. The number of carbonyl (C=O) groups is 4. The molecule has 0 radical (unpaired) electrons. The predicted molar refractivity (Wildman–Crippen MR) is 97.6 cm³/mol. The molecule has 3 amide bonds. The van der Waals surface area contributed by atoms with Gasteiger partial charge in [-0.05, 0) is 19.8 Å². The maximum atomic E-state index is 12.7. The van der Waals surface area contributed by atoms with Gasteiger partial charge in [-0.2, -0.15) is 25.3 Å². The lowest BCUT2D eigenvalue weighted by Gasteiger charge is -2.29. The van der Waals surface area contributed by atoms with Crippen LogP contribution in [0, 0.1) is 0 Å². The normalized spacial score (nSPS) is 20.5. The molecule has 0 aromatic heterocycles. The molecule has 9 nitrogen and oxygen atoms in total. The predicted octanol–water partition coefficient (Wildman–Crippen LogP) is -1.76. The summed E-state index contributed by atoms with van der Waals surface area (Å²) in [5.41, 5.74) is 5.57. The summed E-state index contributed by atoms with van der Waals surface area (Å²) >= 11 is 8.02. The van der Waals surface area contributed by atoms with E-state index in [4.69, 9.17) is 10.8 Å². The third kappa shape index (κ3) is 5.79. The molecule has 0 bridgehead atoms. The van der Waals surface area contributed by atoms with Crippen molar-refractivity contribution in [1.82, 2.24) is 15.5 Å². The van der Waals surface area contributed by atoms with E-state index >= 15 is 0 Å². The van der Waals surface area contributed by atoms with Crippen molar-refractivity contribution >= 4 is 48.9 Å². The second-order valence-corrected chi connectivity index (χ2v) is 6.52. The Morgan fingerprint density at radius 2 is 1.88 bits per heavy atom. The number of nitrogens with zero attached hydrogens (tertiary/aromatic N) is 1. The molecule has 0 aromatic carbocycles. The number of amides is 3. The molecular weight excluding hydrogens is 368 g/mol. The Kier molecular flexibility index (Phi) is 8.53. The van der Waals surface area contributed by atoms with Crippen LogP contribution in [0.25, 0.3) is 0 Å². The third-order valence-corrected chi connectivity index (χ3v) is 4.66. The molecular formula is C14H24N4O5S2. The van der Waals surface area contributed by atoms with Crippen LogP contribution >= 0.6 is 25.3 Å². The van der Waals surface area contributed by atoms with E-state index < -0.39 is 47.9 Å². The Bertz CT molecular complexity index is 533. The van der Waals surface area contributed by atoms with Gasteiger partial charge in [-0.3, -0.25) is 19.2 Å². The molecule has 1 rings (SSSR count). The summed E-state index contributed by atoms with van der Waals surface area (Å²) in [4.78, 5) is 49.0. The fourth-order valence-corrected chi connectivity index (χ4v) is 2.83. The fraction of sp³-hybridized carbons (Fsp3) is 0.714. The zero-order valence-corrected chi connectivity index (χ0v) is 15.6. The second kappa shape index (κ2) is 9.88. The largest absolute Gasteiger partial charge is 0.480 e. The van der Waals surface area contributed by atoms with Crippen LogP contribution in [-0.2, 0) is 19.2 Å². The van der Waals surface area contributed by atoms with Crippen LogP contribution in [0.5, 0.6) is 0 Å². The molecule has 0 saturated carbocycles. The highest BCUT2D eigenvalue weighted by Gasteiger charge is 2.38. The van der Waals surface area contributed by atoms with Gasteiger partial charge in [0.15, 0.2) is 0 Å². The number of carbonyl (C=O) groups excluding carboxylic acids is 3. The summed E-state index contributed by atoms with van der Waals surface area (Å²) in [6.45, 7) is 1.69. The maximum absolute atomic E-state index is 12.7. The molecule has 0 aliphatic carbocycles. The first-order chi connectivity index (χ1) is 11.7. The number of carboxylic acids is 1. The van der Waals surface area contributed by atoms with Gasteiger partial charge in [0.05, 0.1) is 6.04 Å². The number of likely N-dealkylation sites (tertiary alicyclic amines) is 1. The number of hydrogen-bond acceptors (Lipinski definition) is 7. The van der Waals surface area contributed by atoms with E-state index in [1.165, 1.54) is 11.8 Å². The molecule has 1 aliphatic rings. The van der Waals surface area contributed by atoms with Gasteiger partial charge in [-0.1, -0.05) is 0 Å². The van der Waals surface area contributed by atoms with Crippen molar-refractivity contribution in [2.24, 2.45) is 5.73 Å². The topological polar surface area (TPSA) is 142 Å². The minimum Gasteiger partial charge on any atom is -0.480 e. The number of thiol groups is 2. The number of aliphatic carboxylic acids is 1. The fourth-order valence-electron chi connectivity index (χ4n) is 2.42. The van der Waals surface area contributed by atoms with E-state index in [1.54, 1.807) is 0 Å². The van der Waals surface area contributed by atoms with Gasteiger partial charge < -0.3 is 26.4 Å². The SMILES string of the molecule is CC(NC(=O)C1CCCN1C(=O)C(CS)NC(=O)C(N)CS)C(=O)O. The van der Waals surface area contributed by atoms with Crippen LogP contribution in [0.1, 0.15) is 19.8 Å². The molecule has 11 heteroatoms. The average Bonchev–Trinajstić information content (AvgIpc) is 3.07. The molecule has 142 valence electrons. The molecule has 1 heterocycles. The monoisotopic (exact) mass is 392 g/mol. The van der Waals surface area contributed by atoms with Gasteiger partial charge in [0, 0.05) is 18.1 Å². The highest BCUT2D eigenvalue weighted by atomic mass is 32.1. The van der Waals surface area contributed by atoms with Crippen LogP contribution in [-0.4, -0.2) is 75.9 Å². The van der Waals surface area contributed by atoms with E-state index in [9.17, 15) is 19.2 Å². The number of hydrogen-bond donors (Lipinski definition) is 6. The van der Waals surface area contributed by atoms with Crippen LogP contribution < -0.4 is 16.4 Å². The lowest BCUT2D eigenvalue weighted by molar-refractivity contribution is -0.144. The Morgan fingerprint density at radius 1 is 1.24 bits per heavy atom. The molecule has 4 atom stereocenters. The number of rotatable bonds is 8. The first-order valence-electron chi connectivity index (χ1n) is 7.84. The van der Waals surface area contributed by atoms with Gasteiger partial charge in [-0.15, -0.1) is 0 Å². The van der Waals surface area contributed by atoms with Gasteiger partial charge >= 0.3 is 5.97 Å². The smallest absolute Gasteiger partial charge is 0.325 e. The molecule has 1 saturated heterocycles. The van der Waals surface area contributed by atoms with E-state index in [-0.39, 0.29) is 11.5 Å². The standard InChI is InChI=1S/C14H24N4O5S2/c1-7(14(22)23)16-12(20)10-3-2-4-18(10)13(21)9(6-25)17-11(19)8(15)5-24/h7-10,24-25H,2-6,15H2,1H3,(H,16,20)(H,17,19)(H,22,23). The van der Waals surface area contributed by atoms with Crippen molar-refractivity contribution in [3.63, 3.8) is 0 Å². The minimum absolute atomic E-state index is 0.0419. The van der Waals surface area contributed by atoms with Crippen molar-refractivity contribution in [2.45, 2.75) is 43.9 Å². The third-order valence-electron chi connectivity index (χ3n) is 3.90. The van der Waals surface area contributed by atoms with Gasteiger partial charge in [-0.25, -0.2) is 0 Å². The summed E-state index contributed by atoms with van der Waals surface area (Å²) in [6.07, 6.45) is 1.03. The first-order valence-corrected chi connectivity index (χ1v) is 9.10. The molecule has 5 N–H and O–H groups in total. The van der Waals surface area contributed by atoms with Gasteiger partial charge in [0.25, 0.3) is 0 Å². The van der Waals surface area contributed by atoms with Crippen LogP contribution in [0.15, 0.2) is 0 Å². The number of nitrogens with one attached hydrogen (secondary N) is 2. The van der Waals surface area contributed by atoms with Crippen molar-refractivity contribution < 1.29 is 24.3 Å². The highest BCUT2D eigenvalue weighted by molar-refractivity contribution is 7.80. The van der Waals surface area contributed by atoms with Crippen LogP contribution in [0.2, 0.25) is 0 Å². The average molecular weight is 393 g/mol. The molecule has 25 heavy (non-hydrogen) atoms. The van der Waals surface area contributed by atoms with E-state index in [2.05, 4.69) is 35.9 Å². The van der Waals surface area contributed by atoms with Crippen LogP contribution in [0.4, 0.5) is 0 Å². The summed E-state index contributed by atoms with van der Waals surface area (Å²) in [6, 6.07) is -3.61. The van der Waals surface area contributed by atoms with Crippen molar-refractivity contribution in [2.75, 3.05) is 18.1 Å². The molecule has 0 spiro atoms. The van der Waals surface area contributed by atoms with Gasteiger partial charge in [0.2, 0.25) is 17.7 Å². The first kappa shape index (κ1) is 21.6. The number of carboxylic acid groups (broad SMARTS) is 1. The molecule has 1 fully saturated rings. The highest BCUT2D eigenvalue weighted by Crippen LogP contribution is 2.19. The Hall–Kier alpha value is -1.46. The molecule has 4 unspecified atom stereocenters. The lowest BCUT2D eigenvalue weighted by Crippen LogP contribution is -2.57. The summed E-state index contributed by atoms with van der Waals surface area (Å²) in [5.74, 6) is -2.50. The Morgan fingerprint density at radius 3 is 2.40 bits per heavy atom. The summed E-state index contributed by atoms with van der Waals surface area (Å²) in [5, 5.41) is 13.7. The van der Waals surface area contributed by atoms with Crippen molar-refractivity contribution in [3.05, 3.63) is 0 Å². The molecule has 0 aromatic rings. The molecule has 1 aliphatic heterocycles. The Labute approximate surface area is 156 Å². The lowest BCUT2D eigenvalue weighted by atomic mass is 10.1. The van der Waals surface area contributed by atoms with Crippen molar-refractivity contribution in [3.8, 4) is 0 Å². The minimum atomic E-state index is -1.16. The van der Waals surface area contributed by atoms with E-state index in [1.807, 2.05) is 0 Å². The zero-order chi connectivity index (χ0) is 19.1. The van der Waals surface area contributed by atoms with E-state index in [0.717, 1.165) is 0 Å². The van der Waals surface area contributed by atoms with Crippen molar-refractivity contribution in [1.29, 1.82) is 0 Å². The Balaban J connectivity index is 2.78. The quantitative estimate of drug-likeness (QED) is 0.270. The van der Waals surface area contributed by atoms with Crippen LogP contribution in [0.3, 0.4) is 0 Å².